The van der Waals surface area contributed by atoms with Gasteiger partial charge in [-0.25, -0.2) is 0 Å². The third-order valence-corrected chi connectivity index (χ3v) is 7.33. The fourth-order valence-corrected chi connectivity index (χ4v) is 5.75. The van der Waals surface area contributed by atoms with Crippen molar-refractivity contribution in [2.45, 2.75) is 52.2 Å². The molecule has 1 saturated carbocycles. The van der Waals surface area contributed by atoms with Crippen LogP contribution in [0.1, 0.15) is 45.1 Å². The topological polar surface area (TPSA) is 61.4 Å². The van der Waals surface area contributed by atoms with Gasteiger partial charge < -0.3 is 19.5 Å². The summed E-state index contributed by atoms with van der Waals surface area (Å²) in [6.07, 6.45) is 7.25. The maximum absolute atomic E-state index is 12.7. The summed E-state index contributed by atoms with van der Waals surface area (Å²) in [5.74, 6) is 2.26. The second-order valence-corrected chi connectivity index (χ2v) is 9.26. The lowest BCUT2D eigenvalue weighted by atomic mass is 9.59. The Morgan fingerprint density at radius 2 is 2.03 bits per heavy atom. The third-order valence-electron chi connectivity index (χ3n) is 7.33. The molecule has 2 N–H and O–H groups in total. The zero-order valence-corrected chi connectivity index (χ0v) is 18.1. The van der Waals surface area contributed by atoms with Crippen LogP contribution in [0.5, 0.6) is 11.5 Å². The lowest BCUT2D eigenvalue weighted by Crippen LogP contribution is -2.84. The van der Waals surface area contributed by atoms with Gasteiger partial charge in [-0.3, -0.25) is 4.79 Å². The van der Waals surface area contributed by atoms with Crippen LogP contribution in [0.15, 0.2) is 29.8 Å². The molecule has 0 unspecified atom stereocenters. The molecule has 0 bridgehead atoms. The molecule has 5 heteroatoms. The van der Waals surface area contributed by atoms with Crippen molar-refractivity contribution in [3.8, 4) is 11.5 Å². The van der Waals surface area contributed by atoms with E-state index < -0.39 is 0 Å². The number of hydrogen-bond donors (Lipinski definition) is 1. The molecule has 5 atom stereocenters. The van der Waals surface area contributed by atoms with Gasteiger partial charge in [0.15, 0.2) is 11.5 Å². The first-order valence-electron chi connectivity index (χ1n) is 10.9. The summed E-state index contributed by atoms with van der Waals surface area (Å²) in [5.41, 5.74) is 2.95. The summed E-state index contributed by atoms with van der Waals surface area (Å²) >= 11 is 0. The van der Waals surface area contributed by atoms with Gasteiger partial charge in [0.2, 0.25) is 0 Å². The van der Waals surface area contributed by atoms with E-state index in [-0.39, 0.29) is 29.3 Å². The van der Waals surface area contributed by atoms with Crippen LogP contribution in [0.3, 0.4) is 0 Å². The van der Waals surface area contributed by atoms with Gasteiger partial charge >= 0.3 is 5.97 Å². The second-order valence-electron chi connectivity index (χ2n) is 9.26. The maximum atomic E-state index is 12.7. The van der Waals surface area contributed by atoms with Gasteiger partial charge in [0, 0.05) is 11.5 Å². The molecule has 3 aliphatic rings. The predicted molar refractivity (Wildman–Crippen MR) is 111 cm³/mol. The van der Waals surface area contributed by atoms with Crippen molar-refractivity contribution in [1.82, 2.24) is 0 Å². The summed E-state index contributed by atoms with van der Waals surface area (Å²) < 4.78 is 16.6. The van der Waals surface area contributed by atoms with Crippen LogP contribution in [0, 0.1) is 23.2 Å². The predicted octanol–water partition coefficient (Wildman–Crippen LogP) is 3.08. The average molecular weight is 401 g/mol. The summed E-state index contributed by atoms with van der Waals surface area (Å²) in [4.78, 5) is 12.7. The van der Waals surface area contributed by atoms with Crippen molar-refractivity contribution in [2.24, 2.45) is 23.2 Å². The maximum Gasteiger partial charge on any atom is 0.315 e. The number of benzene rings is 1. The minimum Gasteiger partial charge on any atom is -0.493 e. The van der Waals surface area contributed by atoms with Crippen molar-refractivity contribution in [3.63, 3.8) is 0 Å². The van der Waals surface area contributed by atoms with Gasteiger partial charge in [-0.1, -0.05) is 31.9 Å². The van der Waals surface area contributed by atoms with Crippen LogP contribution < -0.4 is 14.8 Å². The van der Waals surface area contributed by atoms with Gasteiger partial charge in [-0.15, -0.1) is 0 Å². The number of rotatable bonds is 6. The highest BCUT2D eigenvalue weighted by Gasteiger charge is 2.52. The first-order valence-corrected chi connectivity index (χ1v) is 10.9. The number of quaternary nitrogens is 1. The molecule has 1 aromatic carbocycles. The van der Waals surface area contributed by atoms with Crippen LogP contribution in [0.4, 0.5) is 0 Å². The summed E-state index contributed by atoms with van der Waals surface area (Å²) in [5, 5.41) is 2.21. The van der Waals surface area contributed by atoms with Gasteiger partial charge in [-0.05, 0) is 48.8 Å². The number of carbonyl (C=O) groups is 1. The number of allylic oxidation sites excluding steroid dienone is 1. The van der Waals surface area contributed by atoms with Crippen molar-refractivity contribution in [3.05, 3.63) is 35.4 Å². The Labute approximate surface area is 173 Å². The van der Waals surface area contributed by atoms with Gasteiger partial charge in [0.1, 0.15) is 18.6 Å². The number of carbonyl (C=O) groups excluding carboxylic acids is 1. The number of ether oxygens (including phenoxy) is 3. The quantitative estimate of drug-likeness (QED) is 0.589. The molecule has 29 heavy (non-hydrogen) atoms. The molecule has 0 spiro atoms. The molecule has 2 fully saturated rings. The van der Waals surface area contributed by atoms with E-state index in [1.165, 1.54) is 19.3 Å². The third kappa shape index (κ3) is 3.77. The van der Waals surface area contributed by atoms with E-state index in [2.05, 4.69) is 25.2 Å². The van der Waals surface area contributed by atoms with Gasteiger partial charge in [0.25, 0.3) is 0 Å². The Bertz CT molecular complexity index is 804. The SMILES string of the molecule is COc1ccc(C[NH2+]C[C@@H]2C(=O)O[C@@H]3C[C@@]4(C)CCC[C@@H](C)C4=C[C@H]23)cc1OC. The first-order chi connectivity index (χ1) is 13.9. The molecule has 0 radical (unpaired) electrons. The smallest absolute Gasteiger partial charge is 0.315 e. The van der Waals surface area contributed by atoms with Gasteiger partial charge in [0.05, 0.1) is 20.8 Å². The number of fused-ring (bicyclic) bond motifs is 2. The van der Waals surface area contributed by atoms with E-state index in [1.54, 1.807) is 19.8 Å². The lowest BCUT2D eigenvalue weighted by Gasteiger charge is -2.45. The minimum atomic E-state index is -0.0497. The Hall–Kier alpha value is -2.01. The molecule has 2 aliphatic carbocycles. The number of hydrogen-bond acceptors (Lipinski definition) is 4. The largest absolute Gasteiger partial charge is 0.493 e. The van der Waals surface area contributed by atoms with Crippen LogP contribution >= 0.6 is 0 Å². The molecule has 0 aromatic heterocycles. The van der Waals surface area contributed by atoms with Crippen LogP contribution in [-0.2, 0) is 16.1 Å². The molecule has 4 rings (SSSR count). The Morgan fingerprint density at radius 3 is 2.79 bits per heavy atom. The lowest BCUT2D eigenvalue weighted by molar-refractivity contribution is -0.674. The standard InChI is InChI=1S/C24H33NO4/c1-15-6-5-9-24(2)12-22-17(11-19(15)24)18(23(26)29-22)14-25-13-16-7-8-20(27-3)21(10-16)28-4/h7-8,10-11,15,17-18,22,25H,5-6,9,12-14H2,1-4H3/p+1/t15-,17-,18+,22-,24-/m1/s1. The molecule has 158 valence electrons. The number of esters is 1. The van der Waals surface area contributed by atoms with E-state index >= 15 is 0 Å². The zero-order valence-electron chi connectivity index (χ0n) is 18.1. The summed E-state index contributed by atoms with van der Waals surface area (Å²) in [6.45, 7) is 6.27. The van der Waals surface area contributed by atoms with Crippen molar-refractivity contribution in [1.29, 1.82) is 0 Å². The first kappa shape index (κ1) is 20.3. The molecule has 1 heterocycles. The monoisotopic (exact) mass is 400 g/mol. The molecular formula is C24H34NO4+. The van der Waals surface area contributed by atoms with Gasteiger partial charge in [-0.2, -0.15) is 0 Å². The van der Waals surface area contributed by atoms with E-state index in [4.69, 9.17) is 14.2 Å². The zero-order chi connectivity index (χ0) is 20.6. The fourth-order valence-electron chi connectivity index (χ4n) is 5.75. The van der Waals surface area contributed by atoms with Crippen molar-refractivity contribution in [2.75, 3.05) is 20.8 Å². The van der Waals surface area contributed by atoms with Crippen LogP contribution in [0.25, 0.3) is 0 Å². The molecule has 0 amide bonds. The molecule has 1 aromatic rings. The highest BCUT2D eigenvalue weighted by molar-refractivity contribution is 5.76. The Kier molecular flexibility index (Phi) is 5.60. The summed E-state index contributed by atoms with van der Waals surface area (Å²) in [7, 11) is 3.29. The van der Waals surface area contributed by atoms with Crippen molar-refractivity contribution >= 4 is 5.97 Å². The van der Waals surface area contributed by atoms with E-state index in [0.29, 0.717) is 5.92 Å². The molecule has 1 saturated heterocycles. The Balaban J connectivity index is 1.44. The summed E-state index contributed by atoms with van der Waals surface area (Å²) in [6, 6.07) is 5.98. The molecule has 1 aliphatic heterocycles. The van der Waals surface area contributed by atoms with E-state index in [1.807, 2.05) is 18.2 Å². The van der Waals surface area contributed by atoms with E-state index in [9.17, 15) is 4.79 Å². The molecular weight excluding hydrogens is 366 g/mol. The number of methoxy groups -OCH3 is 2. The van der Waals surface area contributed by atoms with Crippen molar-refractivity contribution < 1.29 is 24.3 Å². The number of nitrogens with two attached hydrogens (primary N) is 1. The van der Waals surface area contributed by atoms with Crippen LogP contribution in [-0.4, -0.2) is 32.8 Å². The Morgan fingerprint density at radius 1 is 1.24 bits per heavy atom. The van der Waals surface area contributed by atoms with Crippen LogP contribution in [0.2, 0.25) is 0 Å². The average Bonchev–Trinajstić information content (AvgIpc) is 3.00. The minimum absolute atomic E-state index is 0.0182. The molecule has 5 nitrogen and oxygen atoms in total. The highest BCUT2D eigenvalue weighted by Crippen LogP contribution is 2.53. The normalized spacial score (nSPS) is 33.4. The highest BCUT2D eigenvalue weighted by atomic mass is 16.6. The second kappa shape index (κ2) is 8.02. The van der Waals surface area contributed by atoms with E-state index in [0.717, 1.165) is 36.6 Å². The fraction of sp³-hybridized carbons (Fsp3) is 0.625.